The zero-order chi connectivity index (χ0) is 11.3. The average Bonchev–Trinajstić information content (AvgIpc) is 2.22. The molecule has 1 aromatic rings. The number of amides is 1. The first-order chi connectivity index (χ1) is 7.16. The number of carbonyl (C=O) groups excluding carboxylic acids is 1. The number of halogens is 1. The average molecular weight is 267 g/mol. The second kappa shape index (κ2) is 5.52. The summed E-state index contributed by atoms with van der Waals surface area (Å²) < 4.78 is 0.805. The Bertz CT molecular complexity index is 410. The molecule has 1 rings (SSSR count). The van der Waals surface area contributed by atoms with E-state index in [-0.39, 0.29) is 5.91 Å². The molecule has 0 unspecified atom stereocenters. The van der Waals surface area contributed by atoms with Crippen molar-refractivity contribution in [2.45, 2.75) is 13.3 Å². The Morgan fingerprint density at radius 2 is 2.33 bits per heavy atom. The van der Waals surface area contributed by atoms with Crippen molar-refractivity contribution in [2.75, 3.05) is 6.54 Å². The van der Waals surface area contributed by atoms with Gasteiger partial charge < -0.3 is 5.32 Å². The number of hydrogen-bond donors (Lipinski definition) is 1. The second-order valence-corrected chi connectivity index (χ2v) is 3.89. The van der Waals surface area contributed by atoms with E-state index in [1.807, 2.05) is 25.1 Å². The highest BCUT2D eigenvalue weighted by molar-refractivity contribution is 9.10. The number of benzene rings is 1. The smallest absolute Gasteiger partial charge is 0.252 e. The van der Waals surface area contributed by atoms with Crippen molar-refractivity contribution in [3.63, 3.8) is 0 Å². The summed E-state index contributed by atoms with van der Waals surface area (Å²) in [5.41, 5.74) is 1.62. The first kappa shape index (κ1) is 11.7. The molecule has 1 aromatic carbocycles. The van der Waals surface area contributed by atoms with Gasteiger partial charge in [0.25, 0.3) is 5.91 Å². The molecule has 0 saturated heterocycles. The van der Waals surface area contributed by atoms with Crippen LogP contribution in [0.3, 0.4) is 0 Å². The van der Waals surface area contributed by atoms with Crippen LogP contribution in [0, 0.1) is 18.3 Å². The molecule has 0 aliphatic heterocycles. The molecule has 0 aromatic heterocycles. The first-order valence-corrected chi connectivity index (χ1v) is 5.36. The van der Waals surface area contributed by atoms with E-state index in [1.165, 1.54) is 0 Å². The molecule has 0 heterocycles. The predicted octanol–water partition coefficient (Wildman–Crippen LogP) is 2.40. The van der Waals surface area contributed by atoms with Crippen molar-refractivity contribution in [3.05, 3.63) is 33.8 Å². The van der Waals surface area contributed by atoms with Crippen LogP contribution in [0.4, 0.5) is 0 Å². The third kappa shape index (κ3) is 3.07. The molecule has 78 valence electrons. The van der Waals surface area contributed by atoms with Crippen molar-refractivity contribution in [3.8, 4) is 6.07 Å². The quantitative estimate of drug-likeness (QED) is 0.855. The standard InChI is InChI=1S/C11H11BrN2O/c1-8-4-2-5-9(10(8)12)11(15)14-7-3-6-13/h2,4-5H,3,7H2,1H3,(H,14,15). The number of nitrogens with zero attached hydrogens (tertiary/aromatic N) is 1. The summed E-state index contributed by atoms with van der Waals surface area (Å²) in [6.45, 7) is 2.31. The molecule has 1 amide bonds. The van der Waals surface area contributed by atoms with E-state index in [0.29, 0.717) is 18.5 Å². The van der Waals surface area contributed by atoms with E-state index in [9.17, 15) is 4.79 Å². The van der Waals surface area contributed by atoms with Gasteiger partial charge in [0.1, 0.15) is 0 Å². The lowest BCUT2D eigenvalue weighted by Crippen LogP contribution is -2.24. The summed E-state index contributed by atoms with van der Waals surface area (Å²) >= 11 is 3.36. The van der Waals surface area contributed by atoms with Gasteiger partial charge in [-0.3, -0.25) is 4.79 Å². The monoisotopic (exact) mass is 266 g/mol. The van der Waals surface area contributed by atoms with Crippen molar-refractivity contribution in [1.29, 1.82) is 5.26 Å². The maximum Gasteiger partial charge on any atom is 0.252 e. The third-order valence-electron chi connectivity index (χ3n) is 1.96. The van der Waals surface area contributed by atoms with E-state index in [4.69, 9.17) is 5.26 Å². The Kier molecular flexibility index (Phi) is 4.32. The number of carbonyl (C=O) groups is 1. The first-order valence-electron chi connectivity index (χ1n) is 4.57. The van der Waals surface area contributed by atoms with Crippen LogP contribution < -0.4 is 5.32 Å². The maximum atomic E-state index is 11.6. The Balaban J connectivity index is 2.75. The van der Waals surface area contributed by atoms with E-state index in [0.717, 1.165) is 10.0 Å². The fourth-order valence-corrected chi connectivity index (χ4v) is 1.59. The molecule has 1 N–H and O–H groups in total. The van der Waals surface area contributed by atoms with Gasteiger partial charge in [-0.05, 0) is 34.5 Å². The van der Waals surface area contributed by atoms with Crippen molar-refractivity contribution in [1.82, 2.24) is 5.32 Å². The van der Waals surface area contributed by atoms with Gasteiger partial charge in [-0.1, -0.05) is 12.1 Å². The topological polar surface area (TPSA) is 52.9 Å². The van der Waals surface area contributed by atoms with Crippen LogP contribution in [-0.4, -0.2) is 12.5 Å². The lowest BCUT2D eigenvalue weighted by Gasteiger charge is -2.06. The number of nitriles is 1. The largest absolute Gasteiger partial charge is 0.351 e. The molecule has 0 radical (unpaired) electrons. The highest BCUT2D eigenvalue weighted by atomic mass is 79.9. The molecule has 0 spiro atoms. The van der Waals surface area contributed by atoms with E-state index < -0.39 is 0 Å². The minimum Gasteiger partial charge on any atom is -0.351 e. The van der Waals surface area contributed by atoms with Gasteiger partial charge in [0.2, 0.25) is 0 Å². The van der Waals surface area contributed by atoms with Gasteiger partial charge >= 0.3 is 0 Å². The van der Waals surface area contributed by atoms with Gasteiger partial charge in [0, 0.05) is 11.0 Å². The van der Waals surface area contributed by atoms with E-state index >= 15 is 0 Å². The molecule has 3 nitrogen and oxygen atoms in total. The molecule has 0 bridgehead atoms. The van der Waals surface area contributed by atoms with Crippen LogP contribution in [0.2, 0.25) is 0 Å². The highest BCUT2D eigenvalue weighted by Gasteiger charge is 2.09. The fraction of sp³-hybridized carbons (Fsp3) is 0.273. The number of hydrogen-bond acceptors (Lipinski definition) is 2. The summed E-state index contributed by atoms with van der Waals surface area (Å²) in [6.07, 6.45) is 0.329. The molecule has 0 saturated carbocycles. The van der Waals surface area contributed by atoms with E-state index in [1.54, 1.807) is 6.07 Å². The molecule has 0 fully saturated rings. The number of rotatable bonds is 3. The molecule has 0 atom stereocenters. The second-order valence-electron chi connectivity index (χ2n) is 3.10. The molecular weight excluding hydrogens is 256 g/mol. The molecule has 0 aliphatic rings. The highest BCUT2D eigenvalue weighted by Crippen LogP contribution is 2.20. The Morgan fingerprint density at radius 1 is 1.60 bits per heavy atom. The SMILES string of the molecule is Cc1cccc(C(=O)NCCC#N)c1Br. The molecular formula is C11H11BrN2O. The molecule has 0 aliphatic carbocycles. The summed E-state index contributed by atoms with van der Waals surface area (Å²) in [4.78, 5) is 11.6. The Hall–Kier alpha value is -1.34. The molecule has 15 heavy (non-hydrogen) atoms. The zero-order valence-electron chi connectivity index (χ0n) is 8.38. The minimum atomic E-state index is -0.152. The summed E-state index contributed by atoms with van der Waals surface area (Å²) in [5, 5.41) is 11.0. The molecule has 4 heteroatoms. The predicted molar refractivity (Wildman–Crippen MR) is 61.4 cm³/mol. The van der Waals surface area contributed by atoms with Gasteiger partial charge in [-0.15, -0.1) is 0 Å². The number of nitrogens with one attached hydrogen (secondary N) is 1. The van der Waals surface area contributed by atoms with Gasteiger partial charge in [-0.25, -0.2) is 0 Å². The summed E-state index contributed by atoms with van der Waals surface area (Å²) in [6, 6.07) is 7.48. The Labute approximate surface area is 97.2 Å². The van der Waals surface area contributed by atoms with Gasteiger partial charge in [-0.2, -0.15) is 5.26 Å². The summed E-state index contributed by atoms with van der Waals surface area (Å²) in [5.74, 6) is -0.152. The normalized spacial score (nSPS) is 9.40. The maximum absolute atomic E-state index is 11.6. The van der Waals surface area contributed by atoms with Crippen molar-refractivity contribution >= 4 is 21.8 Å². The number of aryl methyl sites for hydroxylation is 1. The lowest BCUT2D eigenvalue weighted by molar-refractivity contribution is 0.0953. The van der Waals surface area contributed by atoms with Crippen LogP contribution in [0.25, 0.3) is 0 Å². The third-order valence-corrected chi connectivity index (χ3v) is 3.01. The van der Waals surface area contributed by atoms with Gasteiger partial charge in [0.05, 0.1) is 18.1 Å². The lowest BCUT2D eigenvalue weighted by atomic mass is 10.1. The van der Waals surface area contributed by atoms with Crippen LogP contribution in [-0.2, 0) is 0 Å². The fourth-order valence-electron chi connectivity index (χ4n) is 1.15. The van der Waals surface area contributed by atoms with E-state index in [2.05, 4.69) is 21.2 Å². The van der Waals surface area contributed by atoms with Crippen LogP contribution in [0.15, 0.2) is 22.7 Å². The van der Waals surface area contributed by atoms with Crippen LogP contribution >= 0.6 is 15.9 Å². The Morgan fingerprint density at radius 3 is 3.00 bits per heavy atom. The van der Waals surface area contributed by atoms with Crippen molar-refractivity contribution < 1.29 is 4.79 Å². The summed E-state index contributed by atoms with van der Waals surface area (Å²) in [7, 11) is 0. The van der Waals surface area contributed by atoms with Gasteiger partial charge in [0.15, 0.2) is 0 Å². The van der Waals surface area contributed by atoms with Crippen LogP contribution in [0.5, 0.6) is 0 Å². The van der Waals surface area contributed by atoms with Crippen molar-refractivity contribution in [2.24, 2.45) is 0 Å². The minimum absolute atomic E-state index is 0.152. The zero-order valence-corrected chi connectivity index (χ0v) is 9.97. The van der Waals surface area contributed by atoms with Crippen LogP contribution in [0.1, 0.15) is 22.3 Å².